The van der Waals surface area contributed by atoms with Gasteiger partial charge in [-0.3, -0.25) is 14.6 Å². The molecule has 1 aliphatic heterocycles. The Morgan fingerprint density at radius 2 is 2.00 bits per heavy atom. The molecular formula is C22H21N3O3. The standard InChI is InChI=1S/C22H21N3O3/c1-15-5-7-17(8-6-15)22(10-13-28-18-4-3-11-23-20(18)22)24-21(27)16-9-12-25(2)19(26)14-16/h3-9,11-12,14H,10,13H2,1-2H3,(H,24,27). The van der Waals surface area contributed by atoms with Crippen molar-refractivity contribution in [1.82, 2.24) is 14.9 Å². The first kappa shape index (κ1) is 18.0. The third-order valence-corrected chi connectivity index (χ3v) is 5.15. The molecule has 142 valence electrons. The molecule has 3 heterocycles. The predicted octanol–water partition coefficient (Wildman–Crippen LogP) is 2.54. The fourth-order valence-corrected chi connectivity index (χ4v) is 3.53. The second-order valence-corrected chi connectivity index (χ2v) is 7.04. The van der Waals surface area contributed by atoms with E-state index in [0.717, 1.165) is 11.1 Å². The van der Waals surface area contributed by atoms with Gasteiger partial charge in [0.2, 0.25) is 0 Å². The largest absolute Gasteiger partial charge is 0.491 e. The molecule has 0 fully saturated rings. The van der Waals surface area contributed by atoms with Gasteiger partial charge in [0.1, 0.15) is 17.0 Å². The molecule has 1 atom stereocenters. The summed E-state index contributed by atoms with van der Waals surface area (Å²) in [5, 5.41) is 3.16. The van der Waals surface area contributed by atoms with Gasteiger partial charge in [0, 0.05) is 37.5 Å². The minimum atomic E-state index is -0.833. The number of carbonyl (C=O) groups excluding carboxylic acids is 1. The Morgan fingerprint density at radius 3 is 2.75 bits per heavy atom. The van der Waals surface area contributed by atoms with E-state index in [-0.39, 0.29) is 11.5 Å². The van der Waals surface area contributed by atoms with E-state index in [1.165, 1.54) is 10.6 Å². The average Bonchev–Trinajstić information content (AvgIpc) is 2.70. The Hall–Kier alpha value is -3.41. The summed E-state index contributed by atoms with van der Waals surface area (Å²) in [5.74, 6) is 0.329. The van der Waals surface area contributed by atoms with Gasteiger partial charge >= 0.3 is 0 Å². The van der Waals surface area contributed by atoms with Gasteiger partial charge < -0.3 is 14.6 Å². The topological polar surface area (TPSA) is 73.2 Å². The molecule has 0 saturated heterocycles. The summed E-state index contributed by atoms with van der Waals surface area (Å²) in [4.78, 5) is 29.6. The van der Waals surface area contributed by atoms with Crippen LogP contribution in [0.4, 0.5) is 0 Å². The van der Waals surface area contributed by atoms with Crippen LogP contribution in [-0.2, 0) is 12.6 Å². The molecule has 1 amide bonds. The highest BCUT2D eigenvalue weighted by Gasteiger charge is 2.42. The van der Waals surface area contributed by atoms with Gasteiger partial charge in [-0.1, -0.05) is 29.8 Å². The highest BCUT2D eigenvalue weighted by Crippen LogP contribution is 2.40. The molecule has 1 aromatic carbocycles. The third-order valence-electron chi connectivity index (χ3n) is 5.15. The number of aromatic nitrogens is 2. The van der Waals surface area contributed by atoms with Crippen LogP contribution in [0, 0.1) is 6.92 Å². The lowest BCUT2D eigenvalue weighted by atomic mass is 9.81. The van der Waals surface area contributed by atoms with E-state index in [2.05, 4.69) is 10.3 Å². The molecule has 3 aromatic rings. The summed E-state index contributed by atoms with van der Waals surface area (Å²) < 4.78 is 7.21. The monoisotopic (exact) mass is 375 g/mol. The first-order chi connectivity index (χ1) is 13.5. The molecule has 0 saturated carbocycles. The molecular weight excluding hydrogens is 354 g/mol. The van der Waals surface area contributed by atoms with Gasteiger partial charge in [0.05, 0.1) is 6.61 Å². The number of fused-ring (bicyclic) bond motifs is 1. The smallest absolute Gasteiger partial charge is 0.252 e. The van der Waals surface area contributed by atoms with Crippen molar-refractivity contribution >= 4 is 5.91 Å². The molecule has 28 heavy (non-hydrogen) atoms. The normalized spacial score (nSPS) is 18.1. The van der Waals surface area contributed by atoms with Crippen molar-refractivity contribution in [1.29, 1.82) is 0 Å². The van der Waals surface area contributed by atoms with Gasteiger partial charge in [-0.25, -0.2) is 0 Å². The highest BCUT2D eigenvalue weighted by atomic mass is 16.5. The number of benzene rings is 1. The number of nitrogens with zero attached hydrogens (tertiary/aromatic N) is 2. The summed E-state index contributed by atoms with van der Waals surface area (Å²) >= 11 is 0. The highest BCUT2D eigenvalue weighted by molar-refractivity contribution is 5.95. The van der Waals surface area contributed by atoms with Gasteiger partial charge in [0.15, 0.2) is 0 Å². The number of ether oxygens (including phenoxy) is 1. The third kappa shape index (κ3) is 3.07. The molecule has 4 rings (SSSR count). The van der Waals surface area contributed by atoms with E-state index in [1.807, 2.05) is 43.3 Å². The van der Waals surface area contributed by atoms with Gasteiger partial charge in [0.25, 0.3) is 11.5 Å². The maximum Gasteiger partial charge on any atom is 0.252 e. The summed E-state index contributed by atoms with van der Waals surface area (Å²) in [6, 6.07) is 14.7. The number of hydrogen-bond donors (Lipinski definition) is 1. The van der Waals surface area contributed by atoms with E-state index in [0.29, 0.717) is 30.0 Å². The van der Waals surface area contributed by atoms with Crippen LogP contribution in [0.25, 0.3) is 0 Å². The van der Waals surface area contributed by atoms with Crippen LogP contribution in [-0.4, -0.2) is 22.1 Å². The van der Waals surface area contributed by atoms with Crippen LogP contribution in [0.1, 0.15) is 33.6 Å². The van der Waals surface area contributed by atoms with Crippen LogP contribution < -0.4 is 15.6 Å². The van der Waals surface area contributed by atoms with E-state index in [4.69, 9.17) is 4.74 Å². The van der Waals surface area contributed by atoms with Crippen molar-refractivity contribution < 1.29 is 9.53 Å². The number of hydrogen-bond acceptors (Lipinski definition) is 4. The van der Waals surface area contributed by atoms with E-state index in [1.54, 1.807) is 25.5 Å². The van der Waals surface area contributed by atoms with Crippen LogP contribution in [0.5, 0.6) is 5.75 Å². The Morgan fingerprint density at radius 1 is 1.21 bits per heavy atom. The van der Waals surface area contributed by atoms with Crippen molar-refractivity contribution in [3.05, 3.63) is 93.7 Å². The lowest BCUT2D eigenvalue weighted by Gasteiger charge is -2.39. The van der Waals surface area contributed by atoms with Gasteiger partial charge in [-0.15, -0.1) is 0 Å². The van der Waals surface area contributed by atoms with Crippen LogP contribution in [0.2, 0.25) is 0 Å². The Balaban J connectivity index is 1.83. The average molecular weight is 375 g/mol. The lowest BCUT2D eigenvalue weighted by molar-refractivity contribution is 0.0883. The first-order valence-electron chi connectivity index (χ1n) is 9.14. The number of nitrogens with one attached hydrogen (secondary N) is 1. The fraction of sp³-hybridized carbons (Fsp3) is 0.227. The SMILES string of the molecule is Cc1ccc(C2(NC(=O)c3ccn(C)c(=O)c3)CCOc3cccnc32)cc1. The molecule has 0 radical (unpaired) electrons. The summed E-state index contributed by atoms with van der Waals surface area (Å²) in [6.45, 7) is 2.47. The van der Waals surface area contributed by atoms with Gasteiger partial charge in [-0.2, -0.15) is 0 Å². The number of rotatable bonds is 3. The summed E-state index contributed by atoms with van der Waals surface area (Å²) in [5.41, 5.74) is 1.98. The zero-order valence-corrected chi connectivity index (χ0v) is 15.8. The summed E-state index contributed by atoms with van der Waals surface area (Å²) in [7, 11) is 1.65. The van der Waals surface area contributed by atoms with E-state index >= 15 is 0 Å². The maximum atomic E-state index is 13.1. The molecule has 0 spiro atoms. The quantitative estimate of drug-likeness (QED) is 0.764. The second kappa shape index (κ2) is 6.96. The number of aryl methyl sites for hydroxylation is 2. The Kier molecular flexibility index (Phi) is 4.47. The maximum absolute atomic E-state index is 13.1. The number of amides is 1. The molecule has 6 nitrogen and oxygen atoms in total. The Bertz CT molecular complexity index is 1090. The van der Waals surface area contributed by atoms with Crippen LogP contribution >= 0.6 is 0 Å². The second-order valence-electron chi connectivity index (χ2n) is 7.04. The van der Waals surface area contributed by atoms with Crippen molar-refractivity contribution in [2.45, 2.75) is 18.9 Å². The lowest BCUT2D eigenvalue weighted by Crippen LogP contribution is -2.50. The zero-order valence-electron chi connectivity index (χ0n) is 15.8. The zero-order chi connectivity index (χ0) is 19.7. The Labute approximate surface area is 162 Å². The molecule has 6 heteroatoms. The molecule has 1 aliphatic rings. The van der Waals surface area contributed by atoms with Gasteiger partial charge in [-0.05, 0) is 30.7 Å². The van der Waals surface area contributed by atoms with Crippen molar-refractivity contribution in [3.63, 3.8) is 0 Å². The van der Waals surface area contributed by atoms with E-state index < -0.39 is 5.54 Å². The molecule has 1 N–H and O–H groups in total. The van der Waals surface area contributed by atoms with Crippen molar-refractivity contribution in [2.75, 3.05) is 6.61 Å². The van der Waals surface area contributed by atoms with Crippen LogP contribution in [0.3, 0.4) is 0 Å². The number of carbonyl (C=O) groups is 1. The minimum absolute atomic E-state index is 0.234. The molecule has 0 aliphatic carbocycles. The fourth-order valence-electron chi connectivity index (χ4n) is 3.53. The molecule has 1 unspecified atom stereocenters. The first-order valence-corrected chi connectivity index (χ1v) is 9.14. The predicted molar refractivity (Wildman–Crippen MR) is 105 cm³/mol. The van der Waals surface area contributed by atoms with Crippen LogP contribution in [0.15, 0.2) is 65.7 Å². The van der Waals surface area contributed by atoms with E-state index in [9.17, 15) is 9.59 Å². The molecule has 2 aromatic heterocycles. The molecule has 0 bridgehead atoms. The summed E-state index contributed by atoms with van der Waals surface area (Å²) in [6.07, 6.45) is 3.82. The van der Waals surface area contributed by atoms with Crippen molar-refractivity contribution in [2.24, 2.45) is 7.05 Å². The number of pyridine rings is 2. The van der Waals surface area contributed by atoms with Crippen molar-refractivity contribution in [3.8, 4) is 5.75 Å². The minimum Gasteiger partial charge on any atom is -0.491 e.